The Labute approximate surface area is 188 Å². The molecule has 1 saturated heterocycles. The maximum absolute atomic E-state index is 12.4. The molecule has 1 aromatic rings. The fraction of sp³-hybridized carbons (Fsp3) is 0.500. The van der Waals surface area contributed by atoms with Gasteiger partial charge in [0.25, 0.3) is 0 Å². The van der Waals surface area contributed by atoms with E-state index in [4.69, 9.17) is 40.0 Å². The van der Waals surface area contributed by atoms with Crippen molar-refractivity contribution >= 4 is 35.5 Å². The Morgan fingerprint density at radius 1 is 0.969 bits per heavy atom. The van der Waals surface area contributed by atoms with E-state index in [0.29, 0.717) is 5.56 Å². The monoisotopic (exact) mass is 474 g/mol. The Kier molecular flexibility index (Phi) is 8.81. The maximum Gasteiger partial charge on any atom is 0.339 e. The molecule has 11 nitrogen and oxygen atoms in total. The van der Waals surface area contributed by atoms with Gasteiger partial charge >= 0.3 is 23.9 Å². The summed E-state index contributed by atoms with van der Waals surface area (Å²) in [7, 11) is 1.08. The van der Waals surface area contributed by atoms with Crippen LogP contribution in [0.5, 0.6) is 5.75 Å². The molecule has 5 atom stereocenters. The Bertz CT molecular complexity index is 871. The molecule has 0 aromatic heterocycles. The average molecular weight is 475 g/mol. The number of esters is 4. The number of halogens is 1. The molecular weight excluding hydrogens is 452 g/mol. The number of carbonyl (C=O) groups is 4. The van der Waals surface area contributed by atoms with E-state index >= 15 is 0 Å². The van der Waals surface area contributed by atoms with Crippen LogP contribution in [0.25, 0.3) is 0 Å². The SMILES string of the molecule is COC(=O)[C@H]1O[C@@H](Oc2ccc(CO)cc2Cl)[C@H](OC(C)=O)[C@@H](OC(C)=O)[C@@H]1OC(C)=O. The summed E-state index contributed by atoms with van der Waals surface area (Å²) in [6, 6.07) is 4.38. The lowest BCUT2D eigenvalue weighted by Gasteiger charge is -2.43. The van der Waals surface area contributed by atoms with Crippen molar-refractivity contribution in [2.75, 3.05) is 7.11 Å². The molecule has 1 heterocycles. The van der Waals surface area contributed by atoms with Crippen LogP contribution < -0.4 is 4.74 Å². The Morgan fingerprint density at radius 2 is 1.53 bits per heavy atom. The van der Waals surface area contributed by atoms with Crippen LogP contribution in [0.1, 0.15) is 26.3 Å². The number of ether oxygens (including phenoxy) is 6. The zero-order valence-electron chi connectivity index (χ0n) is 17.7. The summed E-state index contributed by atoms with van der Waals surface area (Å²) >= 11 is 6.18. The minimum Gasteiger partial charge on any atom is -0.467 e. The molecule has 2 rings (SSSR count). The van der Waals surface area contributed by atoms with Gasteiger partial charge in [0, 0.05) is 20.8 Å². The van der Waals surface area contributed by atoms with Crippen LogP contribution in [0.4, 0.5) is 0 Å². The van der Waals surface area contributed by atoms with Crippen molar-refractivity contribution in [2.45, 2.75) is 58.1 Å². The van der Waals surface area contributed by atoms with Crippen LogP contribution in [0.2, 0.25) is 5.02 Å². The summed E-state index contributed by atoms with van der Waals surface area (Å²) in [5, 5.41) is 9.32. The third kappa shape index (κ3) is 6.31. The molecular formula is C20H23ClO11. The van der Waals surface area contributed by atoms with E-state index in [2.05, 4.69) is 0 Å². The second-order valence-electron chi connectivity index (χ2n) is 6.71. The molecule has 0 radical (unpaired) electrons. The highest BCUT2D eigenvalue weighted by Gasteiger charge is 2.55. The van der Waals surface area contributed by atoms with Crippen LogP contribution in [-0.2, 0) is 49.5 Å². The highest BCUT2D eigenvalue weighted by molar-refractivity contribution is 6.32. The maximum atomic E-state index is 12.4. The van der Waals surface area contributed by atoms with Crippen LogP contribution in [-0.4, -0.2) is 66.8 Å². The van der Waals surface area contributed by atoms with Gasteiger partial charge in [0.2, 0.25) is 12.4 Å². The van der Waals surface area contributed by atoms with E-state index in [-0.39, 0.29) is 17.4 Å². The molecule has 12 heteroatoms. The van der Waals surface area contributed by atoms with E-state index in [1.54, 1.807) is 0 Å². The second-order valence-corrected chi connectivity index (χ2v) is 7.12. The van der Waals surface area contributed by atoms with Gasteiger partial charge in [-0.3, -0.25) is 14.4 Å². The Morgan fingerprint density at radius 3 is 2.03 bits per heavy atom. The third-order valence-corrected chi connectivity index (χ3v) is 4.55. The fourth-order valence-corrected chi connectivity index (χ4v) is 3.29. The van der Waals surface area contributed by atoms with E-state index in [9.17, 15) is 24.3 Å². The fourth-order valence-electron chi connectivity index (χ4n) is 3.04. The van der Waals surface area contributed by atoms with Crippen molar-refractivity contribution in [3.8, 4) is 5.75 Å². The summed E-state index contributed by atoms with van der Waals surface area (Å²) in [4.78, 5) is 47.6. The van der Waals surface area contributed by atoms with Gasteiger partial charge in [-0.2, -0.15) is 0 Å². The van der Waals surface area contributed by atoms with Gasteiger partial charge in [-0.25, -0.2) is 4.79 Å². The number of aliphatic hydroxyl groups is 1. The predicted molar refractivity (Wildman–Crippen MR) is 105 cm³/mol. The summed E-state index contributed by atoms with van der Waals surface area (Å²) in [6.07, 6.45) is -7.52. The Hall–Kier alpha value is -2.89. The Balaban J connectivity index is 2.51. The van der Waals surface area contributed by atoms with Crippen LogP contribution >= 0.6 is 11.6 Å². The van der Waals surface area contributed by atoms with Crippen LogP contribution in [0.15, 0.2) is 18.2 Å². The van der Waals surface area contributed by atoms with Gasteiger partial charge in [0.1, 0.15) is 5.75 Å². The lowest BCUT2D eigenvalue weighted by Crippen LogP contribution is -2.64. The minimum atomic E-state index is -1.58. The standard InChI is InChI=1S/C20H23ClO11/c1-9(23)28-15-16(29-10(2)24)18(30-11(3)25)20(32-17(15)19(26)27-4)31-14-6-5-12(8-22)7-13(14)21/h5-7,15-18,20,22H,8H2,1-4H3/t15-,16-,17-,18+,20+/m0/s1. The predicted octanol–water partition coefficient (Wildman–Crippen LogP) is 0.904. The number of benzene rings is 1. The van der Waals surface area contributed by atoms with Gasteiger partial charge in [0.15, 0.2) is 18.3 Å². The number of hydrogen-bond donors (Lipinski definition) is 1. The van der Waals surface area contributed by atoms with Crippen molar-refractivity contribution in [3.05, 3.63) is 28.8 Å². The highest BCUT2D eigenvalue weighted by Crippen LogP contribution is 2.33. The first kappa shape index (κ1) is 25.4. The third-order valence-electron chi connectivity index (χ3n) is 4.26. The molecule has 0 aliphatic carbocycles. The number of hydrogen-bond acceptors (Lipinski definition) is 11. The zero-order chi connectivity index (χ0) is 24.0. The molecule has 1 aromatic carbocycles. The molecule has 1 fully saturated rings. The average Bonchev–Trinajstić information content (AvgIpc) is 2.71. The first-order valence-electron chi connectivity index (χ1n) is 9.38. The lowest BCUT2D eigenvalue weighted by atomic mass is 9.97. The smallest absolute Gasteiger partial charge is 0.339 e. The van der Waals surface area contributed by atoms with Crippen LogP contribution in [0.3, 0.4) is 0 Å². The first-order chi connectivity index (χ1) is 15.1. The van der Waals surface area contributed by atoms with Crippen molar-refractivity contribution in [3.63, 3.8) is 0 Å². The van der Waals surface area contributed by atoms with E-state index in [1.807, 2.05) is 0 Å². The van der Waals surface area contributed by atoms with Gasteiger partial charge in [-0.1, -0.05) is 17.7 Å². The molecule has 32 heavy (non-hydrogen) atoms. The van der Waals surface area contributed by atoms with E-state index in [0.717, 1.165) is 27.9 Å². The number of aliphatic hydroxyl groups excluding tert-OH is 1. The molecule has 0 saturated carbocycles. The largest absolute Gasteiger partial charge is 0.467 e. The van der Waals surface area contributed by atoms with Gasteiger partial charge in [-0.05, 0) is 17.7 Å². The normalized spacial score (nSPS) is 24.8. The first-order valence-corrected chi connectivity index (χ1v) is 9.76. The summed E-state index contributed by atoms with van der Waals surface area (Å²) < 4.78 is 31.8. The van der Waals surface area contributed by atoms with Gasteiger partial charge in [0.05, 0.1) is 18.7 Å². The number of methoxy groups -OCH3 is 1. The quantitative estimate of drug-likeness (QED) is 0.444. The van der Waals surface area contributed by atoms with E-state index in [1.165, 1.54) is 18.2 Å². The zero-order valence-corrected chi connectivity index (χ0v) is 18.5. The molecule has 1 aliphatic heterocycles. The number of carbonyl (C=O) groups excluding carboxylic acids is 4. The summed E-state index contributed by atoms with van der Waals surface area (Å²) in [6.45, 7) is 2.99. The minimum absolute atomic E-state index is 0.0575. The van der Waals surface area contributed by atoms with Crippen LogP contribution in [0, 0.1) is 0 Å². The molecule has 0 spiro atoms. The lowest BCUT2D eigenvalue weighted by molar-refractivity contribution is -0.282. The molecule has 0 bridgehead atoms. The van der Waals surface area contributed by atoms with Crippen molar-refractivity contribution in [1.82, 2.24) is 0 Å². The number of rotatable bonds is 7. The van der Waals surface area contributed by atoms with E-state index < -0.39 is 54.6 Å². The van der Waals surface area contributed by atoms with Crippen molar-refractivity contribution in [2.24, 2.45) is 0 Å². The summed E-state index contributed by atoms with van der Waals surface area (Å²) in [5.41, 5.74) is 0.503. The molecule has 0 unspecified atom stereocenters. The molecule has 176 valence electrons. The molecule has 1 N–H and O–H groups in total. The van der Waals surface area contributed by atoms with Gasteiger partial charge < -0.3 is 33.5 Å². The molecule has 0 amide bonds. The highest BCUT2D eigenvalue weighted by atomic mass is 35.5. The topological polar surface area (TPSA) is 144 Å². The molecule has 1 aliphatic rings. The van der Waals surface area contributed by atoms with Gasteiger partial charge in [-0.15, -0.1) is 0 Å². The second kappa shape index (κ2) is 11.1. The van der Waals surface area contributed by atoms with Crippen molar-refractivity contribution in [1.29, 1.82) is 0 Å². The summed E-state index contributed by atoms with van der Waals surface area (Å²) in [5.74, 6) is -3.30. The van der Waals surface area contributed by atoms with Crippen molar-refractivity contribution < 1.29 is 52.7 Å².